The second-order valence-corrected chi connectivity index (χ2v) is 6.43. The lowest BCUT2D eigenvalue weighted by atomic mass is 10.1. The zero-order chi connectivity index (χ0) is 15.6. The summed E-state index contributed by atoms with van der Waals surface area (Å²) in [5.41, 5.74) is 5.72. The fourth-order valence-corrected chi connectivity index (χ4v) is 3.47. The van der Waals surface area contributed by atoms with Crippen molar-refractivity contribution in [1.29, 1.82) is 0 Å². The quantitative estimate of drug-likeness (QED) is 0.692. The topological polar surface area (TPSA) is 102 Å². The molecule has 114 valence electrons. The Morgan fingerprint density at radius 3 is 2.67 bits per heavy atom. The standard InChI is InChI=1S/C13H14Br2N2O4/c14-6-3-8(13(19)20)11(9(15)4-6)17-12(18)10-2-1-7(5-16)21-10/h3-4,7,10H,1-2,5,16H2,(H,17,18)(H,19,20). The third-order valence-electron chi connectivity index (χ3n) is 3.20. The second kappa shape index (κ2) is 6.87. The third kappa shape index (κ3) is 3.82. The highest BCUT2D eigenvalue weighted by atomic mass is 79.9. The van der Waals surface area contributed by atoms with Crippen LogP contribution in [0.4, 0.5) is 5.69 Å². The molecule has 8 heteroatoms. The molecule has 0 spiro atoms. The SMILES string of the molecule is NCC1CCC(C(=O)Nc2c(Br)cc(Br)cc2C(=O)O)O1. The highest BCUT2D eigenvalue weighted by Crippen LogP contribution is 2.31. The monoisotopic (exact) mass is 420 g/mol. The van der Waals surface area contributed by atoms with Gasteiger partial charge in [-0.3, -0.25) is 4.79 Å². The van der Waals surface area contributed by atoms with Gasteiger partial charge in [0, 0.05) is 15.5 Å². The summed E-state index contributed by atoms with van der Waals surface area (Å²) in [6.07, 6.45) is 0.579. The number of anilines is 1. The first-order valence-electron chi connectivity index (χ1n) is 6.31. The van der Waals surface area contributed by atoms with Crippen LogP contribution in [-0.2, 0) is 9.53 Å². The van der Waals surface area contributed by atoms with Crippen molar-refractivity contribution in [3.63, 3.8) is 0 Å². The Morgan fingerprint density at radius 2 is 2.10 bits per heavy atom. The summed E-state index contributed by atoms with van der Waals surface area (Å²) in [4.78, 5) is 23.5. The number of nitrogens with one attached hydrogen (secondary N) is 1. The van der Waals surface area contributed by atoms with Gasteiger partial charge in [-0.05, 0) is 40.9 Å². The van der Waals surface area contributed by atoms with Crippen LogP contribution in [-0.4, -0.2) is 35.7 Å². The van der Waals surface area contributed by atoms with Gasteiger partial charge in [0.15, 0.2) is 0 Å². The molecule has 1 amide bonds. The van der Waals surface area contributed by atoms with Crippen molar-refractivity contribution in [2.45, 2.75) is 25.0 Å². The lowest BCUT2D eigenvalue weighted by molar-refractivity contribution is -0.126. The molecule has 2 rings (SSSR count). The lowest BCUT2D eigenvalue weighted by Gasteiger charge is -2.15. The van der Waals surface area contributed by atoms with Crippen molar-refractivity contribution >= 4 is 49.4 Å². The van der Waals surface area contributed by atoms with Crippen LogP contribution in [0, 0.1) is 0 Å². The molecule has 21 heavy (non-hydrogen) atoms. The Labute approximate surface area is 138 Å². The van der Waals surface area contributed by atoms with Crippen LogP contribution in [0.1, 0.15) is 23.2 Å². The minimum atomic E-state index is -1.13. The Bertz CT molecular complexity index is 580. The van der Waals surface area contributed by atoms with E-state index < -0.39 is 12.1 Å². The fraction of sp³-hybridized carbons (Fsp3) is 0.385. The van der Waals surface area contributed by atoms with Crippen LogP contribution < -0.4 is 11.1 Å². The van der Waals surface area contributed by atoms with E-state index in [9.17, 15) is 14.7 Å². The summed E-state index contributed by atoms with van der Waals surface area (Å²) in [7, 11) is 0. The van der Waals surface area contributed by atoms with Gasteiger partial charge in [-0.15, -0.1) is 0 Å². The van der Waals surface area contributed by atoms with E-state index in [0.717, 1.165) is 6.42 Å². The zero-order valence-corrected chi connectivity index (χ0v) is 14.1. The highest BCUT2D eigenvalue weighted by molar-refractivity contribution is 9.11. The number of carbonyl (C=O) groups is 2. The molecule has 0 aliphatic carbocycles. The Kier molecular flexibility index (Phi) is 5.37. The van der Waals surface area contributed by atoms with Gasteiger partial charge in [0.05, 0.1) is 17.4 Å². The van der Waals surface area contributed by atoms with E-state index >= 15 is 0 Å². The number of carboxylic acid groups (broad SMARTS) is 1. The van der Waals surface area contributed by atoms with Crippen molar-refractivity contribution in [2.75, 3.05) is 11.9 Å². The first-order chi connectivity index (χ1) is 9.92. The van der Waals surface area contributed by atoms with E-state index in [1.54, 1.807) is 6.07 Å². The number of carbonyl (C=O) groups excluding carboxylic acids is 1. The highest BCUT2D eigenvalue weighted by Gasteiger charge is 2.31. The molecule has 1 aromatic carbocycles. The molecule has 0 bridgehead atoms. The number of nitrogens with two attached hydrogens (primary N) is 1. The number of rotatable bonds is 4. The molecule has 2 unspecified atom stereocenters. The van der Waals surface area contributed by atoms with Gasteiger partial charge in [0.25, 0.3) is 5.91 Å². The lowest BCUT2D eigenvalue weighted by Crippen LogP contribution is -2.30. The van der Waals surface area contributed by atoms with Crippen molar-refractivity contribution < 1.29 is 19.4 Å². The summed E-state index contributed by atoms with van der Waals surface area (Å²) in [5, 5.41) is 11.9. The van der Waals surface area contributed by atoms with E-state index in [1.165, 1.54) is 6.07 Å². The number of benzene rings is 1. The van der Waals surface area contributed by atoms with Gasteiger partial charge in [0.2, 0.25) is 0 Å². The Balaban J connectivity index is 2.19. The third-order valence-corrected chi connectivity index (χ3v) is 4.28. The van der Waals surface area contributed by atoms with E-state index in [4.69, 9.17) is 10.5 Å². The molecule has 1 aliphatic rings. The van der Waals surface area contributed by atoms with Gasteiger partial charge in [0.1, 0.15) is 6.10 Å². The van der Waals surface area contributed by atoms with Crippen molar-refractivity contribution in [3.05, 3.63) is 26.6 Å². The first-order valence-corrected chi connectivity index (χ1v) is 7.89. The molecule has 1 heterocycles. The van der Waals surface area contributed by atoms with Gasteiger partial charge < -0.3 is 20.9 Å². The number of amides is 1. The van der Waals surface area contributed by atoms with Gasteiger partial charge >= 0.3 is 5.97 Å². The van der Waals surface area contributed by atoms with Crippen LogP contribution in [0.3, 0.4) is 0 Å². The Morgan fingerprint density at radius 1 is 1.38 bits per heavy atom. The first kappa shape index (κ1) is 16.4. The van der Waals surface area contributed by atoms with Crippen LogP contribution in [0.2, 0.25) is 0 Å². The van der Waals surface area contributed by atoms with E-state index in [0.29, 0.717) is 21.9 Å². The van der Waals surface area contributed by atoms with E-state index in [-0.39, 0.29) is 23.3 Å². The molecule has 2 atom stereocenters. The molecule has 1 saturated heterocycles. The van der Waals surface area contributed by atoms with Gasteiger partial charge in [-0.1, -0.05) is 15.9 Å². The van der Waals surface area contributed by atoms with Crippen molar-refractivity contribution in [3.8, 4) is 0 Å². The van der Waals surface area contributed by atoms with Crippen LogP contribution in [0.5, 0.6) is 0 Å². The molecule has 0 radical (unpaired) electrons. The van der Waals surface area contributed by atoms with Crippen molar-refractivity contribution in [1.82, 2.24) is 0 Å². The van der Waals surface area contributed by atoms with Gasteiger partial charge in [-0.25, -0.2) is 4.79 Å². The molecule has 1 fully saturated rings. The smallest absolute Gasteiger partial charge is 0.337 e. The predicted molar refractivity (Wildman–Crippen MR) is 84.4 cm³/mol. The van der Waals surface area contributed by atoms with Crippen LogP contribution in [0.25, 0.3) is 0 Å². The number of ether oxygens (including phenoxy) is 1. The average Bonchev–Trinajstić information content (AvgIpc) is 2.90. The average molecular weight is 422 g/mol. The maximum Gasteiger partial charge on any atom is 0.337 e. The molecule has 0 aromatic heterocycles. The number of carboxylic acids is 1. The van der Waals surface area contributed by atoms with Crippen LogP contribution in [0.15, 0.2) is 21.1 Å². The molecule has 1 aromatic rings. The van der Waals surface area contributed by atoms with E-state index in [1.807, 2.05) is 0 Å². The number of halogens is 2. The zero-order valence-electron chi connectivity index (χ0n) is 10.9. The van der Waals surface area contributed by atoms with Gasteiger partial charge in [-0.2, -0.15) is 0 Å². The second-order valence-electron chi connectivity index (χ2n) is 4.66. The molecule has 0 saturated carbocycles. The van der Waals surface area contributed by atoms with Crippen LogP contribution >= 0.6 is 31.9 Å². The molecular formula is C13H14Br2N2O4. The number of aromatic carboxylic acids is 1. The normalized spacial score (nSPS) is 21.3. The Hall–Kier alpha value is -0.960. The molecule has 6 nitrogen and oxygen atoms in total. The summed E-state index contributed by atoms with van der Waals surface area (Å²) < 4.78 is 6.58. The summed E-state index contributed by atoms with van der Waals surface area (Å²) in [5.74, 6) is -1.49. The number of hydrogen-bond acceptors (Lipinski definition) is 4. The molecular weight excluding hydrogens is 408 g/mol. The predicted octanol–water partition coefficient (Wildman–Crippen LogP) is 2.35. The minimum Gasteiger partial charge on any atom is -0.478 e. The molecule has 1 aliphatic heterocycles. The minimum absolute atomic E-state index is 0.00188. The summed E-state index contributed by atoms with van der Waals surface area (Å²) in [6, 6.07) is 3.10. The number of hydrogen-bond donors (Lipinski definition) is 3. The molecule has 4 N–H and O–H groups in total. The fourth-order valence-electron chi connectivity index (χ4n) is 2.14. The maximum atomic E-state index is 12.2. The maximum absolute atomic E-state index is 12.2. The van der Waals surface area contributed by atoms with Crippen molar-refractivity contribution in [2.24, 2.45) is 5.73 Å². The largest absolute Gasteiger partial charge is 0.478 e. The van der Waals surface area contributed by atoms with E-state index in [2.05, 4.69) is 37.2 Å². The summed E-state index contributed by atoms with van der Waals surface area (Å²) >= 11 is 6.48. The summed E-state index contributed by atoms with van der Waals surface area (Å²) in [6.45, 7) is 0.367.